The van der Waals surface area contributed by atoms with Crippen molar-refractivity contribution in [1.29, 1.82) is 0 Å². The minimum Gasteiger partial charge on any atom is -0.463 e. The summed E-state index contributed by atoms with van der Waals surface area (Å²) in [5.74, 6) is 0.237. The van der Waals surface area contributed by atoms with Gasteiger partial charge in [0.2, 0.25) is 6.10 Å². The van der Waals surface area contributed by atoms with Crippen LogP contribution in [0.2, 0.25) is 0 Å². The maximum atomic E-state index is 11.8. The first-order valence-corrected chi connectivity index (χ1v) is 7.97. The van der Waals surface area contributed by atoms with Gasteiger partial charge < -0.3 is 14.3 Å². The molecule has 0 unspecified atom stereocenters. The maximum absolute atomic E-state index is 11.8. The van der Waals surface area contributed by atoms with Crippen molar-refractivity contribution < 1.29 is 19.1 Å². The Morgan fingerprint density at radius 1 is 1.22 bits per heavy atom. The van der Waals surface area contributed by atoms with E-state index in [-0.39, 0.29) is 11.2 Å². The van der Waals surface area contributed by atoms with E-state index < -0.39 is 12.1 Å². The van der Waals surface area contributed by atoms with Crippen molar-refractivity contribution >= 4 is 5.97 Å². The number of carbonyl (C=O) groups excluding carboxylic acids is 1. The van der Waals surface area contributed by atoms with E-state index in [1.54, 1.807) is 12.1 Å². The van der Waals surface area contributed by atoms with Crippen LogP contribution >= 0.6 is 0 Å². The monoisotopic (exact) mass is 316 g/mol. The summed E-state index contributed by atoms with van der Waals surface area (Å²) in [6.07, 6.45) is 0.329. The minimum atomic E-state index is -1.38. The quantitative estimate of drug-likeness (QED) is 0.620. The highest BCUT2D eigenvalue weighted by Gasteiger charge is 2.29. The zero-order valence-electron chi connectivity index (χ0n) is 13.9. The van der Waals surface area contributed by atoms with Gasteiger partial charge in [-0.3, -0.25) is 0 Å². The van der Waals surface area contributed by atoms with E-state index in [1.165, 1.54) is 0 Å². The largest absolute Gasteiger partial charge is 0.463 e. The predicted octanol–water partition coefficient (Wildman–Crippen LogP) is 3.98. The molecule has 2 aromatic rings. The second-order valence-electron chi connectivity index (χ2n) is 6.12. The van der Waals surface area contributed by atoms with Gasteiger partial charge in [0.1, 0.15) is 11.5 Å². The van der Waals surface area contributed by atoms with Gasteiger partial charge in [-0.05, 0) is 38.0 Å². The van der Waals surface area contributed by atoms with Gasteiger partial charge in [0, 0.05) is 5.41 Å². The summed E-state index contributed by atoms with van der Waals surface area (Å²) >= 11 is 0. The molecule has 0 amide bonds. The average molecular weight is 316 g/mol. The molecule has 0 spiro atoms. The molecule has 4 nitrogen and oxygen atoms in total. The molecule has 23 heavy (non-hydrogen) atoms. The van der Waals surface area contributed by atoms with Crippen molar-refractivity contribution in [3.8, 4) is 0 Å². The van der Waals surface area contributed by atoms with Crippen LogP contribution in [0.1, 0.15) is 56.8 Å². The number of carbonyl (C=O) groups is 1. The van der Waals surface area contributed by atoms with Crippen LogP contribution in [0, 0.1) is 0 Å². The Morgan fingerprint density at radius 2 is 1.91 bits per heavy atom. The number of furan rings is 1. The Labute approximate surface area is 137 Å². The Bertz CT molecular complexity index is 628. The third kappa shape index (κ3) is 4.02. The first-order chi connectivity index (χ1) is 11.0. The lowest BCUT2D eigenvalue weighted by Crippen LogP contribution is -2.18. The smallest absolute Gasteiger partial charge is 0.342 e. The number of rotatable bonds is 7. The summed E-state index contributed by atoms with van der Waals surface area (Å²) in [4.78, 5) is 11.8. The Kier molecular flexibility index (Phi) is 5.61. The zero-order valence-corrected chi connectivity index (χ0v) is 13.9. The van der Waals surface area contributed by atoms with Crippen molar-refractivity contribution in [2.75, 3.05) is 6.61 Å². The topological polar surface area (TPSA) is 59.7 Å². The maximum Gasteiger partial charge on any atom is 0.342 e. The molecular formula is C19H24O4. The molecule has 0 aliphatic heterocycles. The highest BCUT2D eigenvalue weighted by atomic mass is 16.5. The molecule has 1 aromatic heterocycles. The van der Waals surface area contributed by atoms with Crippen molar-refractivity contribution in [3.63, 3.8) is 0 Å². The molecule has 1 heterocycles. The van der Waals surface area contributed by atoms with Gasteiger partial charge in [0.15, 0.2) is 0 Å². The van der Waals surface area contributed by atoms with Crippen LogP contribution in [0.3, 0.4) is 0 Å². The summed E-state index contributed by atoms with van der Waals surface area (Å²) in [7, 11) is 0. The van der Waals surface area contributed by atoms with Crippen molar-refractivity contribution in [1.82, 2.24) is 0 Å². The number of benzene rings is 1. The predicted molar refractivity (Wildman–Crippen MR) is 88.1 cm³/mol. The Balaban J connectivity index is 2.12. The highest BCUT2D eigenvalue weighted by molar-refractivity contribution is 5.75. The van der Waals surface area contributed by atoms with Gasteiger partial charge in [-0.1, -0.05) is 43.7 Å². The molecule has 1 atom stereocenters. The second kappa shape index (κ2) is 7.47. The molecule has 0 fully saturated rings. The van der Waals surface area contributed by atoms with Crippen LogP contribution < -0.4 is 0 Å². The molecule has 2 rings (SSSR count). The van der Waals surface area contributed by atoms with Crippen LogP contribution in [-0.4, -0.2) is 17.7 Å². The highest BCUT2D eigenvalue weighted by Crippen LogP contribution is 2.33. The van der Waals surface area contributed by atoms with E-state index in [0.717, 1.165) is 18.4 Å². The third-order valence-electron chi connectivity index (χ3n) is 3.97. The molecule has 1 aromatic carbocycles. The molecule has 0 aliphatic carbocycles. The van der Waals surface area contributed by atoms with Crippen LogP contribution in [0.4, 0.5) is 0 Å². The van der Waals surface area contributed by atoms with E-state index in [4.69, 9.17) is 9.15 Å². The number of esters is 1. The first-order valence-electron chi connectivity index (χ1n) is 7.97. The van der Waals surface area contributed by atoms with Gasteiger partial charge in [-0.2, -0.15) is 0 Å². The molecule has 124 valence electrons. The van der Waals surface area contributed by atoms with Crippen LogP contribution in [0.25, 0.3) is 0 Å². The molecule has 0 saturated heterocycles. The number of hydrogen-bond acceptors (Lipinski definition) is 4. The van der Waals surface area contributed by atoms with Gasteiger partial charge >= 0.3 is 5.97 Å². The Hall–Kier alpha value is -2.07. The fraction of sp³-hybridized carbons (Fsp3) is 0.421. The van der Waals surface area contributed by atoms with Gasteiger partial charge in [-0.25, -0.2) is 4.79 Å². The number of unbranched alkanes of at least 4 members (excludes halogenated alkanes) is 1. The first kappa shape index (κ1) is 17.3. The average Bonchev–Trinajstić information content (AvgIpc) is 3.06. The fourth-order valence-corrected chi connectivity index (χ4v) is 2.34. The third-order valence-corrected chi connectivity index (χ3v) is 3.97. The summed E-state index contributed by atoms with van der Waals surface area (Å²) in [6.45, 7) is 6.40. The van der Waals surface area contributed by atoms with Crippen LogP contribution in [-0.2, 0) is 14.9 Å². The van der Waals surface area contributed by atoms with E-state index in [0.29, 0.717) is 12.4 Å². The molecule has 1 N–H and O–H groups in total. The number of ether oxygens (including phenoxy) is 1. The molecule has 0 bridgehead atoms. The number of aliphatic hydroxyl groups excluding tert-OH is 1. The fourth-order valence-electron chi connectivity index (χ4n) is 2.34. The van der Waals surface area contributed by atoms with Gasteiger partial charge in [0.05, 0.1) is 6.61 Å². The lowest BCUT2D eigenvalue weighted by molar-refractivity contribution is -0.155. The summed E-state index contributed by atoms with van der Waals surface area (Å²) in [5, 5.41) is 10.1. The van der Waals surface area contributed by atoms with Gasteiger partial charge in [0.25, 0.3) is 0 Å². The summed E-state index contributed by atoms with van der Waals surface area (Å²) in [6, 6.07) is 13.4. The van der Waals surface area contributed by atoms with E-state index in [1.807, 2.05) is 51.1 Å². The number of hydrogen-bond donors (Lipinski definition) is 1. The molecular weight excluding hydrogens is 292 g/mol. The minimum absolute atomic E-state index is 0.213. The van der Waals surface area contributed by atoms with Gasteiger partial charge in [-0.15, -0.1) is 0 Å². The van der Waals surface area contributed by atoms with E-state index in [2.05, 4.69) is 0 Å². The van der Waals surface area contributed by atoms with Crippen molar-refractivity contribution in [2.45, 2.75) is 45.1 Å². The summed E-state index contributed by atoms with van der Waals surface area (Å²) in [5.41, 5.74) is 0.742. The van der Waals surface area contributed by atoms with Crippen molar-refractivity contribution in [3.05, 3.63) is 59.5 Å². The van der Waals surface area contributed by atoms with Crippen molar-refractivity contribution in [2.24, 2.45) is 0 Å². The molecule has 4 heteroatoms. The standard InChI is InChI=1S/C19H24O4/c1-4-5-13-22-18(21)17(20)15-11-12-16(23-15)19(2,3)14-9-7-6-8-10-14/h6-12,17,20H,4-5,13H2,1-3H3/t17-/m0/s1. The molecule has 0 saturated carbocycles. The molecule has 0 radical (unpaired) electrons. The SMILES string of the molecule is CCCCOC(=O)[C@@H](O)c1ccc(C(C)(C)c2ccccc2)o1. The second-order valence-corrected chi connectivity index (χ2v) is 6.12. The Morgan fingerprint density at radius 3 is 2.57 bits per heavy atom. The lowest BCUT2D eigenvalue weighted by atomic mass is 9.82. The summed E-state index contributed by atoms with van der Waals surface area (Å²) < 4.78 is 10.8. The lowest BCUT2D eigenvalue weighted by Gasteiger charge is -2.22. The zero-order chi connectivity index (χ0) is 16.9. The van der Waals surface area contributed by atoms with Crippen LogP contribution in [0.15, 0.2) is 46.9 Å². The normalized spacial score (nSPS) is 12.9. The van der Waals surface area contributed by atoms with Crippen LogP contribution in [0.5, 0.6) is 0 Å². The van der Waals surface area contributed by atoms with E-state index in [9.17, 15) is 9.90 Å². The molecule has 0 aliphatic rings. The van der Waals surface area contributed by atoms with E-state index >= 15 is 0 Å². The number of aliphatic hydroxyl groups is 1.